The van der Waals surface area contributed by atoms with Gasteiger partial charge in [0.2, 0.25) is 0 Å². The summed E-state index contributed by atoms with van der Waals surface area (Å²) in [6.07, 6.45) is 0. The van der Waals surface area contributed by atoms with E-state index in [4.69, 9.17) is 5.73 Å². The normalized spacial score (nSPS) is 12.2. The minimum absolute atomic E-state index is 0.0288. The Balaban J connectivity index is 2.75. The first-order valence-electron chi connectivity index (χ1n) is 5.58. The van der Waals surface area contributed by atoms with Crippen LogP contribution in [0.4, 0.5) is 10.1 Å². The number of hydrogen-bond donors (Lipinski definition) is 2. The van der Waals surface area contributed by atoms with Crippen molar-refractivity contribution in [1.82, 2.24) is 5.32 Å². The Kier molecular flexibility index (Phi) is 5.95. The molecule has 1 aromatic rings. The van der Waals surface area contributed by atoms with Crippen molar-refractivity contribution < 1.29 is 9.18 Å². The predicted octanol–water partition coefficient (Wildman–Crippen LogP) is 3.04. The smallest absolute Gasteiger partial charge is 0.252 e. The molecule has 1 amide bonds. The van der Waals surface area contributed by atoms with E-state index in [0.29, 0.717) is 10.0 Å². The first-order chi connectivity index (χ1) is 8.45. The van der Waals surface area contributed by atoms with Crippen molar-refractivity contribution in [2.45, 2.75) is 19.9 Å². The monoisotopic (exact) mass is 334 g/mol. The molecule has 0 saturated heterocycles. The van der Waals surface area contributed by atoms with Crippen LogP contribution in [0.2, 0.25) is 0 Å². The van der Waals surface area contributed by atoms with Gasteiger partial charge in [-0.05, 0) is 40.7 Å². The van der Waals surface area contributed by atoms with Gasteiger partial charge in [0.25, 0.3) is 5.91 Å². The summed E-state index contributed by atoms with van der Waals surface area (Å²) in [5, 5.41) is 2.85. The molecule has 3 N–H and O–H groups in total. The van der Waals surface area contributed by atoms with Gasteiger partial charge in [0.1, 0.15) is 5.82 Å². The van der Waals surface area contributed by atoms with Crippen LogP contribution in [-0.4, -0.2) is 23.5 Å². The van der Waals surface area contributed by atoms with Gasteiger partial charge in [-0.3, -0.25) is 4.79 Å². The predicted molar refractivity (Wildman–Crippen MR) is 78.4 cm³/mol. The SMILES string of the molecule is CCSCC(C)NC(=O)c1cc(N)c(F)cc1Br. The second-order valence-corrected chi connectivity index (χ2v) is 6.06. The number of rotatable bonds is 5. The van der Waals surface area contributed by atoms with E-state index in [0.717, 1.165) is 11.5 Å². The molecule has 1 atom stereocenters. The van der Waals surface area contributed by atoms with Crippen molar-refractivity contribution in [1.29, 1.82) is 0 Å². The van der Waals surface area contributed by atoms with Crippen LogP contribution in [0.25, 0.3) is 0 Å². The average Bonchev–Trinajstić information content (AvgIpc) is 2.31. The Morgan fingerprint density at radius 1 is 1.61 bits per heavy atom. The largest absolute Gasteiger partial charge is 0.396 e. The summed E-state index contributed by atoms with van der Waals surface area (Å²) in [7, 11) is 0. The highest BCUT2D eigenvalue weighted by Crippen LogP contribution is 2.22. The maximum absolute atomic E-state index is 13.2. The van der Waals surface area contributed by atoms with Crippen molar-refractivity contribution in [3.8, 4) is 0 Å². The lowest BCUT2D eigenvalue weighted by atomic mass is 10.1. The van der Waals surface area contributed by atoms with E-state index in [2.05, 4.69) is 28.2 Å². The molecule has 100 valence electrons. The van der Waals surface area contributed by atoms with Gasteiger partial charge in [-0.25, -0.2) is 4.39 Å². The summed E-state index contributed by atoms with van der Waals surface area (Å²) in [5.74, 6) is 1.06. The fraction of sp³-hybridized carbons (Fsp3) is 0.417. The van der Waals surface area contributed by atoms with E-state index >= 15 is 0 Å². The lowest BCUT2D eigenvalue weighted by molar-refractivity contribution is 0.0943. The van der Waals surface area contributed by atoms with Gasteiger partial charge in [-0.2, -0.15) is 11.8 Å². The van der Waals surface area contributed by atoms with Crippen molar-refractivity contribution >= 4 is 39.3 Å². The van der Waals surface area contributed by atoms with Crippen LogP contribution in [0.15, 0.2) is 16.6 Å². The Hall–Kier alpha value is -0.750. The van der Waals surface area contributed by atoms with Crippen molar-refractivity contribution in [2.75, 3.05) is 17.2 Å². The highest BCUT2D eigenvalue weighted by atomic mass is 79.9. The molecule has 0 heterocycles. The average molecular weight is 335 g/mol. The minimum atomic E-state index is -0.534. The second-order valence-electron chi connectivity index (χ2n) is 3.89. The molecule has 0 aliphatic heterocycles. The quantitative estimate of drug-likeness (QED) is 0.813. The number of nitrogens with two attached hydrogens (primary N) is 1. The number of anilines is 1. The molecular weight excluding hydrogens is 319 g/mol. The van der Waals surface area contributed by atoms with Crippen LogP contribution in [0.1, 0.15) is 24.2 Å². The minimum Gasteiger partial charge on any atom is -0.396 e. The van der Waals surface area contributed by atoms with Crippen molar-refractivity contribution in [2.24, 2.45) is 0 Å². The zero-order chi connectivity index (χ0) is 13.7. The molecule has 1 aromatic carbocycles. The van der Waals surface area contributed by atoms with E-state index in [1.54, 1.807) is 11.8 Å². The van der Waals surface area contributed by atoms with Crippen molar-refractivity contribution in [3.63, 3.8) is 0 Å². The van der Waals surface area contributed by atoms with Crippen LogP contribution in [0.3, 0.4) is 0 Å². The van der Waals surface area contributed by atoms with E-state index < -0.39 is 5.82 Å². The number of thioether (sulfide) groups is 1. The molecule has 1 unspecified atom stereocenters. The molecule has 18 heavy (non-hydrogen) atoms. The highest BCUT2D eigenvalue weighted by molar-refractivity contribution is 9.10. The molecule has 0 aliphatic carbocycles. The number of benzene rings is 1. The maximum Gasteiger partial charge on any atom is 0.252 e. The van der Waals surface area contributed by atoms with Crippen LogP contribution in [0.5, 0.6) is 0 Å². The molecule has 1 rings (SSSR count). The zero-order valence-electron chi connectivity index (χ0n) is 10.3. The van der Waals surface area contributed by atoms with Gasteiger partial charge in [-0.15, -0.1) is 0 Å². The second kappa shape index (κ2) is 6.99. The molecule has 0 aliphatic rings. The Labute approximate surface area is 119 Å². The van der Waals surface area contributed by atoms with Crippen LogP contribution in [0, 0.1) is 5.82 Å². The van der Waals surface area contributed by atoms with Gasteiger partial charge < -0.3 is 11.1 Å². The first kappa shape index (κ1) is 15.3. The number of carbonyl (C=O) groups is 1. The Bertz CT molecular complexity index is 442. The third-order valence-corrected chi connectivity index (χ3v) is 4.08. The number of nitrogen functional groups attached to an aromatic ring is 1. The highest BCUT2D eigenvalue weighted by Gasteiger charge is 2.15. The van der Waals surface area contributed by atoms with Crippen LogP contribution in [-0.2, 0) is 0 Å². The lowest BCUT2D eigenvalue weighted by Gasteiger charge is -2.14. The third kappa shape index (κ3) is 4.17. The Morgan fingerprint density at radius 2 is 2.28 bits per heavy atom. The molecule has 0 aromatic heterocycles. The zero-order valence-corrected chi connectivity index (χ0v) is 12.7. The number of amides is 1. The van der Waals surface area contributed by atoms with E-state index in [1.807, 2.05) is 6.92 Å². The lowest BCUT2D eigenvalue weighted by Crippen LogP contribution is -2.34. The molecular formula is C12H16BrFN2OS. The molecule has 0 bridgehead atoms. The standard InChI is InChI=1S/C12H16BrFN2OS/c1-3-18-6-7(2)16-12(17)8-4-11(15)10(14)5-9(8)13/h4-5,7H,3,6,15H2,1-2H3,(H,16,17). The third-order valence-electron chi connectivity index (χ3n) is 2.28. The molecule has 0 saturated carbocycles. The van der Waals surface area contributed by atoms with Gasteiger partial charge >= 0.3 is 0 Å². The van der Waals surface area contributed by atoms with Gasteiger partial charge in [-0.1, -0.05) is 6.92 Å². The number of hydrogen-bond acceptors (Lipinski definition) is 3. The summed E-state index contributed by atoms with van der Waals surface area (Å²) in [6.45, 7) is 4.00. The molecule has 6 heteroatoms. The summed E-state index contributed by atoms with van der Waals surface area (Å²) in [5.41, 5.74) is 5.78. The van der Waals surface area contributed by atoms with Gasteiger partial charge in [0, 0.05) is 16.3 Å². The first-order valence-corrected chi connectivity index (χ1v) is 7.53. The summed E-state index contributed by atoms with van der Waals surface area (Å²) in [6, 6.07) is 2.60. The molecule has 3 nitrogen and oxygen atoms in total. The van der Waals surface area contributed by atoms with Gasteiger partial charge in [0.15, 0.2) is 0 Å². The summed E-state index contributed by atoms with van der Waals surface area (Å²) in [4.78, 5) is 12.0. The van der Waals surface area contributed by atoms with E-state index in [-0.39, 0.29) is 17.6 Å². The Morgan fingerprint density at radius 3 is 2.89 bits per heavy atom. The molecule has 0 radical (unpaired) electrons. The van der Waals surface area contributed by atoms with E-state index in [9.17, 15) is 9.18 Å². The van der Waals surface area contributed by atoms with Gasteiger partial charge in [0.05, 0.1) is 11.3 Å². The molecule has 0 spiro atoms. The number of halogens is 2. The van der Waals surface area contributed by atoms with Crippen molar-refractivity contribution in [3.05, 3.63) is 28.0 Å². The summed E-state index contributed by atoms with van der Waals surface area (Å²) >= 11 is 4.91. The van der Waals surface area contributed by atoms with E-state index in [1.165, 1.54) is 12.1 Å². The molecule has 0 fully saturated rings. The number of nitrogens with one attached hydrogen (secondary N) is 1. The fourth-order valence-electron chi connectivity index (χ4n) is 1.38. The fourth-order valence-corrected chi connectivity index (χ4v) is 2.55. The summed E-state index contributed by atoms with van der Waals surface area (Å²) < 4.78 is 13.6. The van der Waals surface area contributed by atoms with Crippen LogP contribution < -0.4 is 11.1 Å². The maximum atomic E-state index is 13.2. The number of carbonyl (C=O) groups excluding carboxylic acids is 1. The van der Waals surface area contributed by atoms with Crippen LogP contribution >= 0.6 is 27.7 Å². The topological polar surface area (TPSA) is 55.1 Å².